The number of nitrogens with one attached hydrogen (secondary N) is 1. The van der Waals surface area contributed by atoms with Crippen LogP contribution in [0.25, 0.3) is 17.0 Å². The number of nitrogens with zero attached hydrogens (tertiary/aromatic N) is 2. The SMILES string of the molecule is N#C/C(=C/c1c[nH]c2ccc([N+](=O)[O-])cc12)S(=O)(=O)c1cccs1. The third kappa shape index (κ3) is 2.68. The van der Waals surface area contributed by atoms with Crippen molar-refractivity contribution in [3.05, 3.63) is 62.5 Å². The van der Waals surface area contributed by atoms with E-state index in [-0.39, 0.29) is 9.90 Å². The molecule has 2 heterocycles. The van der Waals surface area contributed by atoms with Gasteiger partial charge in [0.05, 0.1) is 4.92 Å². The number of aromatic nitrogens is 1. The van der Waals surface area contributed by atoms with E-state index in [0.717, 1.165) is 11.3 Å². The number of sulfone groups is 1. The van der Waals surface area contributed by atoms with Gasteiger partial charge in [0.1, 0.15) is 10.3 Å². The molecule has 0 fully saturated rings. The molecule has 0 bridgehead atoms. The minimum absolute atomic E-state index is 0.0705. The first-order valence-corrected chi connectivity index (χ1v) is 8.95. The maximum absolute atomic E-state index is 12.5. The van der Waals surface area contributed by atoms with Crippen molar-refractivity contribution in [1.29, 1.82) is 5.26 Å². The number of thiophene rings is 1. The van der Waals surface area contributed by atoms with Gasteiger partial charge in [-0.25, -0.2) is 8.42 Å². The van der Waals surface area contributed by atoms with Gasteiger partial charge in [0.15, 0.2) is 4.91 Å². The molecule has 120 valence electrons. The Kier molecular flexibility index (Phi) is 3.92. The van der Waals surface area contributed by atoms with Gasteiger partial charge >= 0.3 is 0 Å². The first-order chi connectivity index (χ1) is 11.4. The number of benzene rings is 1. The number of nitriles is 1. The predicted octanol–water partition coefficient (Wildman–Crippen LogP) is 3.48. The molecule has 3 aromatic rings. The monoisotopic (exact) mass is 359 g/mol. The van der Waals surface area contributed by atoms with Crippen LogP contribution < -0.4 is 0 Å². The highest BCUT2D eigenvalue weighted by Gasteiger charge is 2.22. The summed E-state index contributed by atoms with van der Waals surface area (Å²) in [7, 11) is -3.91. The van der Waals surface area contributed by atoms with Gasteiger partial charge in [-0.3, -0.25) is 10.1 Å². The van der Waals surface area contributed by atoms with Crippen LogP contribution in [0, 0.1) is 21.4 Å². The van der Waals surface area contributed by atoms with Gasteiger partial charge in [0.25, 0.3) is 5.69 Å². The Hall–Kier alpha value is -2.96. The van der Waals surface area contributed by atoms with Gasteiger partial charge in [-0.1, -0.05) is 6.07 Å². The Morgan fingerprint density at radius 1 is 1.38 bits per heavy atom. The minimum atomic E-state index is -3.91. The Bertz CT molecular complexity index is 1100. The number of rotatable bonds is 4. The van der Waals surface area contributed by atoms with E-state index in [0.29, 0.717) is 16.5 Å². The van der Waals surface area contributed by atoms with Crippen LogP contribution in [0.5, 0.6) is 0 Å². The second kappa shape index (κ2) is 5.92. The lowest BCUT2D eigenvalue weighted by atomic mass is 10.1. The van der Waals surface area contributed by atoms with Gasteiger partial charge in [0, 0.05) is 34.8 Å². The number of nitro groups is 1. The average Bonchev–Trinajstić information content (AvgIpc) is 3.22. The lowest BCUT2D eigenvalue weighted by Crippen LogP contribution is -2.01. The molecule has 2 aromatic heterocycles. The molecule has 9 heteroatoms. The van der Waals surface area contributed by atoms with Crippen LogP contribution in [-0.4, -0.2) is 18.3 Å². The van der Waals surface area contributed by atoms with Gasteiger partial charge in [-0.15, -0.1) is 11.3 Å². The standard InChI is InChI=1S/C15H9N3O4S2/c16-8-12(24(21,22)15-2-1-5-23-15)6-10-9-17-14-4-3-11(18(19)20)7-13(10)14/h1-7,9,17H/b12-6-. The summed E-state index contributed by atoms with van der Waals surface area (Å²) in [4.78, 5) is 12.9. The zero-order valence-corrected chi connectivity index (χ0v) is 13.6. The van der Waals surface area contributed by atoms with Crippen LogP contribution in [0.3, 0.4) is 0 Å². The molecule has 0 atom stereocenters. The highest BCUT2D eigenvalue weighted by Crippen LogP contribution is 2.29. The highest BCUT2D eigenvalue weighted by molar-refractivity contribution is 7.97. The minimum Gasteiger partial charge on any atom is -0.361 e. The van der Waals surface area contributed by atoms with Crippen molar-refractivity contribution in [3.63, 3.8) is 0 Å². The highest BCUT2D eigenvalue weighted by atomic mass is 32.2. The van der Waals surface area contributed by atoms with Crippen molar-refractivity contribution in [2.45, 2.75) is 4.21 Å². The number of hydrogen-bond donors (Lipinski definition) is 1. The molecule has 3 rings (SSSR count). The van der Waals surface area contributed by atoms with Crippen LogP contribution in [0.4, 0.5) is 5.69 Å². The average molecular weight is 359 g/mol. The quantitative estimate of drug-likeness (QED) is 0.435. The van der Waals surface area contributed by atoms with Gasteiger partial charge in [-0.2, -0.15) is 5.26 Å². The lowest BCUT2D eigenvalue weighted by molar-refractivity contribution is -0.384. The summed E-state index contributed by atoms with van der Waals surface area (Å²) < 4.78 is 25.0. The molecule has 0 aliphatic carbocycles. The van der Waals surface area contributed by atoms with Crippen molar-refractivity contribution in [3.8, 4) is 6.07 Å². The summed E-state index contributed by atoms with van der Waals surface area (Å²) in [5.41, 5.74) is 0.888. The number of allylic oxidation sites excluding steroid dienone is 1. The first-order valence-electron chi connectivity index (χ1n) is 6.59. The number of non-ortho nitro benzene ring substituents is 1. The Labute approximate surface area is 140 Å². The van der Waals surface area contributed by atoms with Crippen molar-refractivity contribution in [2.24, 2.45) is 0 Å². The Morgan fingerprint density at radius 3 is 2.79 bits per heavy atom. The molecule has 0 saturated carbocycles. The van der Waals surface area contributed by atoms with Crippen molar-refractivity contribution >= 4 is 43.8 Å². The predicted molar refractivity (Wildman–Crippen MR) is 90.0 cm³/mol. The van der Waals surface area contributed by atoms with Gasteiger partial charge in [0.2, 0.25) is 9.84 Å². The van der Waals surface area contributed by atoms with Crippen LogP contribution in [0.15, 0.2) is 51.0 Å². The maximum atomic E-state index is 12.5. The number of nitro benzene ring substituents is 1. The largest absolute Gasteiger partial charge is 0.361 e. The number of aromatic amines is 1. The molecule has 0 unspecified atom stereocenters. The molecule has 0 amide bonds. The molecule has 1 N–H and O–H groups in total. The molecule has 1 aromatic carbocycles. The second-order valence-electron chi connectivity index (χ2n) is 4.79. The molecule has 0 spiro atoms. The molecule has 0 saturated heterocycles. The summed E-state index contributed by atoms with van der Waals surface area (Å²) in [6, 6.07) is 8.93. The van der Waals surface area contributed by atoms with E-state index < -0.39 is 19.7 Å². The fraction of sp³-hybridized carbons (Fsp3) is 0. The van der Waals surface area contributed by atoms with E-state index in [1.165, 1.54) is 36.5 Å². The summed E-state index contributed by atoms with van der Waals surface area (Å²) in [6.07, 6.45) is 2.73. The topological polar surface area (TPSA) is 117 Å². The second-order valence-corrected chi connectivity index (χ2v) is 7.88. The molecular weight excluding hydrogens is 350 g/mol. The smallest absolute Gasteiger partial charge is 0.270 e. The summed E-state index contributed by atoms with van der Waals surface area (Å²) >= 11 is 1.02. The zero-order valence-electron chi connectivity index (χ0n) is 12.0. The third-order valence-electron chi connectivity index (χ3n) is 3.35. The molecule has 0 aliphatic rings. The van der Waals surface area contributed by atoms with E-state index in [2.05, 4.69) is 4.98 Å². The Balaban J connectivity index is 2.16. The normalized spacial score (nSPS) is 12.2. The number of hydrogen-bond acceptors (Lipinski definition) is 6. The summed E-state index contributed by atoms with van der Waals surface area (Å²) in [5.74, 6) is 0. The summed E-state index contributed by atoms with van der Waals surface area (Å²) in [5, 5.41) is 22.2. The summed E-state index contributed by atoms with van der Waals surface area (Å²) in [6.45, 7) is 0. The zero-order chi connectivity index (χ0) is 17.3. The van der Waals surface area contributed by atoms with Crippen molar-refractivity contribution < 1.29 is 13.3 Å². The van der Waals surface area contributed by atoms with Crippen LogP contribution in [-0.2, 0) is 9.84 Å². The maximum Gasteiger partial charge on any atom is 0.270 e. The van der Waals surface area contributed by atoms with Crippen molar-refractivity contribution in [2.75, 3.05) is 0 Å². The van der Waals surface area contributed by atoms with E-state index >= 15 is 0 Å². The molecule has 7 nitrogen and oxygen atoms in total. The Morgan fingerprint density at radius 2 is 2.17 bits per heavy atom. The fourth-order valence-corrected chi connectivity index (χ4v) is 4.47. The van der Waals surface area contributed by atoms with Crippen LogP contribution in [0.2, 0.25) is 0 Å². The third-order valence-corrected chi connectivity index (χ3v) is 6.42. The van der Waals surface area contributed by atoms with Crippen molar-refractivity contribution in [1.82, 2.24) is 4.98 Å². The van der Waals surface area contributed by atoms with E-state index in [1.807, 2.05) is 0 Å². The van der Waals surface area contributed by atoms with Crippen LogP contribution in [0.1, 0.15) is 5.56 Å². The molecule has 0 aliphatic heterocycles. The molecule has 24 heavy (non-hydrogen) atoms. The van der Waals surface area contributed by atoms with E-state index in [4.69, 9.17) is 0 Å². The number of fused-ring (bicyclic) bond motifs is 1. The molecule has 0 radical (unpaired) electrons. The van der Waals surface area contributed by atoms with Gasteiger partial charge < -0.3 is 4.98 Å². The van der Waals surface area contributed by atoms with E-state index in [9.17, 15) is 23.8 Å². The fourth-order valence-electron chi connectivity index (χ4n) is 2.20. The lowest BCUT2D eigenvalue weighted by Gasteiger charge is -1.99. The van der Waals surface area contributed by atoms with E-state index in [1.54, 1.807) is 17.5 Å². The van der Waals surface area contributed by atoms with Gasteiger partial charge in [-0.05, 0) is 23.6 Å². The molecular formula is C15H9N3O4S2. The van der Waals surface area contributed by atoms with Crippen LogP contribution >= 0.6 is 11.3 Å². The first kappa shape index (κ1) is 15.9. The number of H-pyrrole nitrogens is 1.